The molecule has 1 atom stereocenters. The fraction of sp³-hybridized carbons (Fsp3) is 0.294. The standard InChI is InChI=1S/C17H19N5O3S/c1-3-11(2)22-14(6-7-18-22)20-15(23)9-12-10-26-17(19-12)21-16(24)13-5-4-8-25-13/h4-8,10-11H,3,9H2,1-2H3,(H,20,23)(H,19,21,24). The Kier molecular flexibility index (Phi) is 5.47. The largest absolute Gasteiger partial charge is 0.459 e. The summed E-state index contributed by atoms with van der Waals surface area (Å²) in [6, 6.07) is 5.16. The summed E-state index contributed by atoms with van der Waals surface area (Å²) in [5, 5.41) is 11.9. The Morgan fingerprint density at radius 1 is 1.35 bits per heavy atom. The summed E-state index contributed by atoms with van der Waals surface area (Å²) in [6.45, 7) is 4.10. The maximum atomic E-state index is 12.3. The first kappa shape index (κ1) is 17.9. The molecule has 8 nitrogen and oxygen atoms in total. The summed E-state index contributed by atoms with van der Waals surface area (Å²) in [4.78, 5) is 28.5. The molecule has 9 heteroatoms. The van der Waals surface area contributed by atoms with Gasteiger partial charge in [0.05, 0.1) is 30.6 Å². The highest BCUT2D eigenvalue weighted by molar-refractivity contribution is 7.14. The number of nitrogens with one attached hydrogen (secondary N) is 2. The number of amides is 2. The molecule has 0 radical (unpaired) electrons. The Hall–Kier alpha value is -2.94. The van der Waals surface area contributed by atoms with E-state index < -0.39 is 0 Å². The topological polar surface area (TPSA) is 102 Å². The first-order chi connectivity index (χ1) is 12.6. The van der Waals surface area contributed by atoms with Gasteiger partial charge in [-0.25, -0.2) is 9.67 Å². The van der Waals surface area contributed by atoms with Crippen molar-refractivity contribution in [1.29, 1.82) is 0 Å². The molecule has 3 rings (SSSR count). The van der Waals surface area contributed by atoms with Crippen molar-refractivity contribution in [1.82, 2.24) is 14.8 Å². The van der Waals surface area contributed by atoms with Crippen molar-refractivity contribution >= 4 is 34.1 Å². The SMILES string of the molecule is CCC(C)n1nccc1NC(=O)Cc1csc(NC(=O)c2ccco2)n1. The van der Waals surface area contributed by atoms with Crippen LogP contribution in [0.3, 0.4) is 0 Å². The molecule has 2 N–H and O–H groups in total. The molecule has 2 amide bonds. The van der Waals surface area contributed by atoms with Gasteiger partial charge in [0.25, 0.3) is 5.91 Å². The summed E-state index contributed by atoms with van der Waals surface area (Å²) >= 11 is 1.25. The average molecular weight is 373 g/mol. The van der Waals surface area contributed by atoms with E-state index in [9.17, 15) is 9.59 Å². The van der Waals surface area contributed by atoms with Crippen LogP contribution >= 0.6 is 11.3 Å². The molecule has 0 aliphatic rings. The van der Waals surface area contributed by atoms with Crippen LogP contribution in [0.4, 0.5) is 10.9 Å². The molecule has 0 bridgehead atoms. The van der Waals surface area contributed by atoms with Gasteiger partial charge in [0.1, 0.15) is 5.82 Å². The van der Waals surface area contributed by atoms with Crippen LogP contribution in [0.1, 0.15) is 42.6 Å². The van der Waals surface area contributed by atoms with Crippen LogP contribution < -0.4 is 10.6 Å². The Balaban J connectivity index is 1.58. The van der Waals surface area contributed by atoms with Crippen LogP contribution in [0, 0.1) is 0 Å². The predicted molar refractivity (Wildman–Crippen MR) is 98.3 cm³/mol. The molecule has 136 valence electrons. The van der Waals surface area contributed by atoms with E-state index in [2.05, 4.69) is 27.6 Å². The van der Waals surface area contributed by atoms with Crippen molar-refractivity contribution in [2.45, 2.75) is 32.7 Å². The highest BCUT2D eigenvalue weighted by Gasteiger charge is 2.15. The van der Waals surface area contributed by atoms with Gasteiger partial charge in [-0.1, -0.05) is 6.92 Å². The molecular formula is C17H19N5O3S. The third-order valence-electron chi connectivity index (χ3n) is 3.80. The second kappa shape index (κ2) is 7.96. The fourth-order valence-corrected chi connectivity index (χ4v) is 3.01. The normalized spacial score (nSPS) is 11.9. The fourth-order valence-electron chi connectivity index (χ4n) is 2.30. The van der Waals surface area contributed by atoms with E-state index in [1.54, 1.807) is 34.5 Å². The summed E-state index contributed by atoms with van der Waals surface area (Å²) in [5.74, 6) is 0.297. The van der Waals surface area contributed by atoms with Crippen molar-refractivity contribution < 1.29 is 14.0 Å². The van der Waals surface area contributed by atoms with E-state index in [0.717, 1.165) is 6.42 Å². The van der Waals surface area contributed by atoms with Crippen LogP contribution in [-0.2, 0) is 11.2 Å². The van der Waals surface area contributed by atoms with Gasteiger partial charge >= 0.3 is 0 Å². The number of carbonyl (C=O) groups is 2. The zero-order valence-corrected chi connectivity index (χ0v) is 15.2. The zero-order valence-electron chi connectivity index (χ0n) is 14.4. The number of carbonyl (C=O) groups excluding carboxylic acids is 2. The summed E-state index contributed by atoms with van der Waals surface area (Å²) < 4.78 is 6.82. The van der Waals surface area contributed by atoms with Crippen LogP contribution in [-0.4, -0.2) is 26.6 Å². The lowest BCUT2D eigenvalue weighted by molar-refractivity contribution is -0.115. The van der Waals surface area contributed by atoms with Gasteiger partial charge in [0.15, 0.2) is 10.9 Å². The van der Waals surface area contributed by atoms with Crippen LogP contribution in [0.25, 0.3) is 0 Å². The molecule has 3 aromatic rings. The quantitative estimate of drug-likeness (QED) is 0.661. The zero-order chi connectivity index (χ0) is 18.5. The molecule has 26 heavy (non-hydrogen) atoms. The first-order valence-corrected chi connectivity index (χ1v) is 9.07. The number of aromatic nitrogens is 3. The van der Waals surface area contributed by atoms with E-state index in [1.807, 2.05) is 6.92 Å². The lowest BCUT2D eigenvalue weighted by atomic mass is 10.3. The van der Waals surface area contributed by atoms with Gasteiger partial charge in [-0.2, -0.15) is 5.10 Å². The van der Waals surface area contributed by atoms with E-state index >= 15 is 0 Å². The minimum atomic E-state index is -0.377. The van der Waals surface area contributed by atoms with Gasteiger partial charge in [0.2, 0.25) is 5.91 Å². The van der Waals surface area contributed by atoms with E-state index in [1.165, 1.54) is 17.6 Å². The van der Waals surface area contributed by atoms with E-state index in [4.69, 9.17) is 4.42 Å². The summed E-state index contributed by atoms with van der Waals surface area (Å²) in [5.41, 5.74) is 0.580. The maximum absolute atomic E-state index is 12.3. The molecule has 0 saturated heterocycles. The molecule has 0 saturated carbocycles. The van der Waals surface area contributed by atoms with Crippen molar-refractivity contribution in [3.63, 3.8) is 0 Å². The van der Waals surface area contributed by atoms with Gasteiger partial charge in [-0.15, -0.1) is 11.3 Å². The van der Waals surface area contributed by atoms with Gasteiger partial charge in [-0.3, -0.25) is 14.9 Å². The van der Waals surface area contributed by atoms with Crippen molar-refractivity contribution in [2.75, 3.05) is 10.6 Å². The number of hydrogen-bond donors (Lipinski definition) is 2. The Bertz CT molecular complexity index is 884. The number of anilines is 2. The number of furan rings is 1. The second-order valence-corrected chi connectivity index (χ2v) is 6.58. The van der Waals surface area contributed by atoms with Gasteiger partial charge in [0, 0.05) is 11.4 Å². The molecule has 0 spiro atoms. The number of nitrogens with zero attached hydrogens (tertiary/aromatic N) is 3. The Morgan fingerprint density at radius 3 is 2.92 bits per heavy atom. The number of thiazole rings is 1. The third-order valence-corrected chi connectivity index (χ3v) is 4.61. The Morgan fingerprint density at radius 2 is 2.19 bits per heavy atom. The van der Waals surface area contributed by atoms with Gasteiger partial charge < -0.3 is 9.73 Å². The van der Waals surface area contributed by atoms with Crippen LogP contribution in [0.2, 0.25) is 0 Å². The first-order valence-electron chi connectivity index (χ1n) is 8.19. The molecular weight excluding hydrogens is 354 g/mol. The van der Waals surface area contributed by atoms with Crippen LogP contribution in [0.5, 0.6) is 0 Å². The molecule has 0 aromatic carbocycles. The molecule has 3 aromatic heterocycles. The third kappa shape index (κ3) is 4.17. The second-order valence-electron chi connectivity index (χ2n) is 5.72. The predicted octanol–water partition coefficient (Wildman–Crippen LogP) is 3.34. The molecule has 3 heterocycles. The lowest BCUT2D eigenvalue weighted by Crippen LogP contribution is -2.19. The Labute approximate surface area is 154 Å². The molecule has 0 fully saturated rings. The minimum Gasteiger partial charge on any atom is -0.459 e. The number of rotatable bonds is 7. The van der Waals surface area contributed by atoms with Gasteiger partial charge in [-0.05, 0) is 25.5 Å². The maximum Gasteiger partial charge on any atom is 0.293 e. The minimum absolute atomic E-state index is 0.110. The highest BCUT2D eigenvalue weighted by atomic mass is 32.1. The molecule has 0 aliphatic heterocycles. The smallest absolute Gasteiger partial charge is 0.293 e. The monoisotopic (exact) mass is 373 g/mol. The van der Waals surface area contributed by atoms with Crippen molar-refractivity contribution in [3.8, 4) is 0 Å². The molecule has 1 unspecified atom stereocenters. The van der Waals surface area contributed by atoms with Crippen molar-refractivity contribution in [3.05, 3.63) is 47.5 Å². The summed E-state index contributed by atoms with van der Waals surface area (Å²) in [6.07, 6.45) is 4.11. The molecule has 0 aliphatic carbocycles. The highest BCUT2D eigenvalue weighted by Crippen LogP contribution is 2.19. The van der Waals surface area contributed by atoms with E-state index in [0.29, 0.717) is 16.6 Å². The van der Waals surface area contributed by atoms with E-state index in [-0.39, 0.29) is 30.0 Å². The number of hydrogen-bond acceptors (Lipinski definition) is 6. The van der Waals surface area contributed by atoms with Crippen LogP contribution in [0.15, 0.2) is 40.5 Å². The average Bonchev–Trinajstić information content (AvgIpc) is 3.35. The summed E-state index contributed by atoms with van der Waals surface area (Å²) in [7, 11) is 0. The van der Waals surface area contributed by atoms with Crippen molar-refractivity contribution in [2.24, 2.45) is 0 Å². The lowest BCUT2D eigenvalue weighted by Gasteiger charge is -2.13.